The number of phenolic OH excluding ortho intramolecular Hbond substituents is 3. The average molecular weight is 1140 g/mol. The molecule has 30 heteroatoms. The number of aliphatic hydroxyl groups excluding tert-OH is 12. The number of esters is 2. The predicted octanol–water partition coefficient (Wildman–Crippen LogP) is -4.21. The summed E-state index contributed by atoms with van der Waals surface area (Å²) in [5.74, 6) is -6.69. The maximum atomic E-state index is 13.1. The molecule has 4 aliphatic rings. The van der Waals surface area contributed by atoms with Crippen molar-refractivity contribution >= 4 is 35.0 Å². The van der Waals surface area contributed by atoms with Gasteiger partial charge in [-0.3, -0.25) is 9.59 Å². The lowest BCUT2D eigenvalue weighted by molar-refractivity contribution is -0.345. The summed E-state index contributed by atoms with van der Waals surface area (Å²) in [6, 6.07) is 12.3. The van der Waals surface area contributed by atoms with Crippen LogP contribution in [0.25, 0.3) is 28.4 Å². The van der Waals surface area contributed by atoms with E-state index >= 15 is 0 Å². The van der Waals surface area contributed by atoms with Gasteiger partial charge in [0.1, 0.15) is 128 Å². The summed E-state index contributed by atoms with van der Waals surface area (Å²) in [5, 5.41) is 167. The molecule has 19 atom stereocenters. The molecule has 436 valence electrons. The molecule has 0 bridgehead atoms. The van der Waals surface area contributed by atoms with E-state index in [4.69, 9.17) is 56.9 Å². The number of carboxylic acid groups (broad SMARTS) is 1. The smallest absolute Gasteiger partial charge is 0.402 e. The molecule has 0 saturated carbocycles. The molecule has 3 aromatic carbocycles. The van der Waals surface area contributed by atoms with E-state index in [1.54, 1.807) is 0 Å². The lowest BCUT2D eigenvalue weighted by Gasteiger charge is -2.44. The second-order valence-corrected chi connectivity index (χ2v) is 18.7. The Bertz CT molecular complexity index is 2830. The number of fused-ring (bicyclic) bond motifs is 1. The predicted molar refractivity (Wildman–Crippen MR) is 256 cm³/mol. The Morgan fingerprint density at radius 3 is 1.86 bits per heavy atom. The Morgan fingerprint density at radius 2 is 1.20 bits per heavy atom. The number of benzene rings is 3. The van der Waals surface area contributed by atoms with Crippen LogP contribution < -0.4 is 14.2 Å². The summed E-state index contributed by atoms with van der Waals surface area (Å²) in [6.07, 6.45) is -33.0. The minimum Gasteiger partial charge on any atom is -0.507 e. The van der Waals surface area contributed by atoms with Crippen molar-refractivity contribution in [3.8, 4) is 45.8 Å². The van der Waals surface area contributed by atoms with Crippen molar-refractivity contribution in [1.82, 2.24) is 0 Å². The van der Waals surface area contributed by atoms with Gasteiger partial charge < -0.3 is 129 Å². The van der Waals surface area contributed by atoms with Crippen LogP contribution in [0.1, 0.15) is 12.0 Å². The van der Waals surface area contributed by atoms with Gasteiger partial charge in [-0.25, -0.2) is 9.21 Å². The molecule has 8 rings (SSSR count). The van der Waals surface area contributed by atoms with E-state index in [2.05, 4.69) is 0 Å². The standard InChI is InChI=1S/C50H56O30/c51-14-29-36(61)39(64)43(68)48(77-29)73-21-5-1-18(2-6-21)3-8-33(58)70-16-31-38(63)41(66)46(80-47-42(67)35(60)25(55)15-72-47)50(79-31)76-28-12-22-26(74-45(28)19-4-7-23(53)24(54)9-19)10-20(52)11-27(22)75-49-44(69)40(65)37(62)30(78-49)17-71-34(59)13-32(56)57/h1-12,25,29-31,35-44,46-51,55,60-69H,13-17H2,(H3-,52,53,54,56,57)/p+1/b8-3+/t25-,29+,30+,31-,35-,36-,37-,38-,39+,40-,41-,42-,43+,44+,46+,47-,48-,49-,50-/m1/s1. The highest BCUT2D eigenvalue weighted by Crippen LogP contribution is 2.44. The summed E-state index contributed by atoms with van der Waals surface area (Å²) < 4.78 is 62.6. The first-order valence-corrected chi connectivity index (χ1v) is 24.3. The molecule has 80 heavy (non-hydrogen) atoms. The Labute approximate surface area is 449 Å². The van der Waals surface area contributed by atoms with E-state index in [0.717, 1.165) is 36.4 Å². The highest BCUT2D eigenvalue weighted by molar-refractivity contribution is 5.90. The molecular formula is C50H57O30+. The molecule has 0 unspecified atom stereocenters. The van der Waals surface area contributed by atoms with E-state index in [9.17, 15) is 91.0 Å². The monoisotopic (exact) mass is 1140 g/mol. The van der Waals surface area contributed by atoms with Gasteiger partial charge in [-0.2, -0.15) is 0 Å². The molecule has 4 saturated heterocycles. The number of carbonyl (C=O) groups excluding carboxylic acids is 2. The highest BCUT2D eigenvalue weighted by Gasteiger charge is 2.52. The zero-order valence-electron chi connectivity index (χ0n) is 41.3. The average Bonchev–Trinajstić information content (AvgIpc) is 3.44. The third-order valence-corrected chi connectivity index (χ3v) is 13.1. The van der Waals surface area contributed by atoms with E-state index in [1.165, 1.54) is 36.4 Å². The number of hydrogen-bond donors (Lipinski definition) is 16. The first-order chi connectivity index (χ1) is 38.0. The van der Waals surface area contributed by atoms with Crippen molar-refractivity contribution in [2.24, 2.45) is 0 Å². The van der Waals surface area contributed by atoms with Gasteiger partial charge in [0.15, 0.2) is 23.9 Å². The molecule has 0 amide bonds. The van der Waals surface area contributed by atoms with Gasteiger partial charge >= 0.3 is 29.3 Å². The van der Waals surface area contributed by atoms with Gasteiger partial charge in [-0.05, 0) is 35.9 Å². The van der Waals surface area contributed by atoms with Crippen LogP contribution in [-0.4, -0.2) is 243 Å². The normalized spacial score (nSPS) is 33.7. The zero-order chi connectivity index (χ0) is 57.9. The largest absolute Gasteiger partial charge is 0.507 e. The lowest BCUT2D eigenvalue weighted by Crippen LogP contribution is -2.64. The molecule has 4 aromatic rings. The molecule has 4 aliphatic heterocycles. The fourth-order valence-electron chi connectivity index (χ4n) is 8.64. The summed E-state index contributed by atoms with van der Waals surface area (Å²) in [7, 11) is 0. The maximum Gasteiger partial charge on any atom is 0.402 e. The van der Waals surface area contributed by atoms with Crippen LogP contribution in [0.2, 0.25) is 0 Å². The minimum absolute atomic E-state index is 0.0586. The number of aromatic hydroxyl groups is 3. The molecule has 0 spiro atoms. The first-order valence-electron chi connectivity index (χ1n) is 24.3. The van der Waals surface area contributed by atoms with Gasteiger partial charge in [0.05, 0.1) is 24.8 Å². The summed E-state index contributed by atoms with van der Waals surface area (Å²) in [5.41, 5.74) is 0.0826. The molecule has 30 nitrogen and oxygen atoms in total. The van der Waals surface area contributed by atoms with Gasteiger partial charge in [0.2, 0.25) is 24.6 Å². The second kappa shape index (κ2) is 25.4. The fourth-order valence-corrected chi connectivity index (χ4v) is 8.64. The first kappa shape index (κ1) is 59.5. The van der Waals surface area contributed by atoms with Crippen molar-refractivity contribution in [1.29, 1.82) is 0 Å². The Hall–Kier alpha value is -6.66. The molecule has 16 N–H and O–H groups in total. The van der Waals surface area contributed by atoms with Crippen LogP contribution in [0.4, 0.5) is 0 Å². The Morgan fingerprint density at radius 1 is 0.600 bits per heavy atom. The highest BCUT2D eigenvalue weighted by atomic mass is 16.8. The SMILES string of the molecule is O=C(O)CC(=O)OC[C@@H]1O[C@@H](Oc2cc(O)cc3[o+]c(-c4ccc(O)c(O)c4)c(O[C@@H]4O[C@H](COC(=O)/C=C/c5ccc(O[C@@H]6O[C@@H](CO)[C@@H](O)[C@H](O)[C@@H]6O)cc5)[C@@H](O)[C@@H](O)[C@@H]4O[C@H]4OC[C@@H](O)[C@@H](O)[C@H]4O)cc23)[C@@H](O)[C@H](O)[C@@H]1O. The number of phenols is 3. The Balaban J connectivity index is 1.07. The van der Waals surface area contributed by atoms with E-state index in [1.807, 2.05) is 0 Å². The topological polar surface area (TPSA) is 478 Å². The number of aliphatic hydroxyl groups is 12. The number of carboxylic acids is 1. The number of aliphatic carboxylic acids is 1. The van der Waals surface area contributed by atoms with Crippen molar-refractivity contribution in [2.75, 3.05) is 26.4 Å². The minimum atomic E-state index is -2.10. The number of rotatable bonds is 18. The molecule has 0 aliphatic carbocycles. The number of hydrogen-bond acceptors (Lipinski definition) is 28. The third-order valence-electron chi connectivity index (χ3n) is 13.1. The summed E-state index contributed by atoms with van der Waals surface area (Å²) >= 11 is 0. The van der Waals surface area contributed by atoms with Crippen LogP contribution >= 0.6 is 0 Å². The number of carbonyl (C=O) groups is 3. The Kier molecular flexibility index (Phi) is 18.9. The van der Waals surface area contributed by atoms with E-state index < -0.39 is 196 Å². The molecule has 1 aromatic heterocycles. The van der Waals surface area contributed by atoms with Gasteiger partial charge in [0, 0.05) is 24.3 Å². The van der Waals surface area contributed by atoms with Crippen molar-refractivity contribution < 1.29 is 148 Å². The van der Waals surface area contributed by atoms with E-state index in [-0.39, 0.29) is 28.0 Å². The molecule has 5 heterocycles. The van der Waals surface area contributed by atoms with E-state index in [0.29, 0.717) is 5.56 Å². The summed E-state index contributed by atoms with van der Waals surface area (Å²) in [6.45, 7) is -2.91. The quantitative estimate of drug-likeness (QED) is 0.0148. The zero-order valence-corrected chi connectivity index (χ0v) is 41.3. The maximum absolute atomic E-state index is 13.1. The third kappa shape index (κ3) is 13.4. The van der Waals surface area contributed by atoms with Crippen LogP contribution in [0.15, 0.2) is 71.2 Å². The van der Waals surface area contributed by atoms with Crippen LogP contribution in [0, 0.1) is 0 Å². The fraction of sp³-hybridized carbons (Fsp3) is 0.480. The molecular weight excluding hydrogens is 1080 g/mol. The van der Waals surface area contributed by atoms with Crippen LogP contribution in [0.3, 0.4) is 0 Å². The van der Waals surface area contributed by atoms with Gasteiger partial charge in [0.25, 0.3) is 0 Å². The second-order valence-electron chi connectivity index (χ2n) is 18.7. The number of ether oxygens (including phenoxy) is 10. The van der Waals surface area contributed by atoms with Crippen LogP contribution in [-0.2, 0) is 47.5 Å². The van der Waals surface area contributed by atoms with Crippen molar-refractivity contribution in [2.45, 2.75) is 123 Å². The van der Waals surface area contributed by atoms with Gasteiger partial charge in [-0.1, -0.05) is 12.1 Å². The molecule has 0 radical (unpaired) electrons. The summed E-state index contributed by atoms with van der Waals surface area (Å²) in [4.78, 5) is 36.1. The lowest BCUT2D eigenvalue weighted by atomic mass is 9.98. The van der Waals surface area contributed by atoms with Crippen molar-refractivity contribution in [3.63, 3.8) is 0 Å². The van der Waals surface area contributed by atoms with Crippen molar-refractivity contribution in [3.05, 3.63) is 72.3 Å². The molecule has 4 fully saturated rings. The van der Waals surface area contributed by atoms with Gasteiger partial charge in [-0.15, -0.1) is 0 Å². The van der Waals surface area contributed by atoms with Crippen LogP contribution in [0.5, 0.6) is 34.5 Å².